The molecule has 27 heavy (non-hydrogen) atoms. The normalized spacial score (nSPS) is 11.6. The summed E-state index contributed by atoms with van der Waals surface area (Å²) in [5.41, 5.74) is 0.444. The third-order valence-electron chi connectivity index (χ3n) is 4.31. The van der Waals surface area contributed by atoms with Crippen molar-refractivity contribution in [1.82, 2.24) is 4.57 Å². The number of hydrogen-bond acceptors (Lipinski definition) is 3. The lowest BCUT2D eigenvalue weighted by Crippen LogP contribution is -2.26. The third kappa shape index (κ3) is 2.85. The lowest BCUT2D eigenvalue weighted by Gasteiger charge is -2.15. The molecule has 0 fully saturated rings. The van der Waals surface area contributed by atoms with E-state index in [-0.39, 0.29) is 9.92 Å². The molecule has 0 saturated carbocycles. The number of aromatic nitrogens is 1. The molecule has 0 bridgehead atoms. The SMILES string of the molecule is O=c1c(S(=O)(=O)c2ccccc2)c(Cl)c2ccccc2n1-c1ccccc1. The van der Waals surface area contributed by atoms with E-state index in [4.69, 9.17) is 11.6 Å². The van der Waals surface area contributed by atoms with Gasteiger partial charge in [0.1, 0.15) is 0 Å². The van der Waals surface area contributed by atoms with E-state index >= 15 is 0 Å². The topological polar surface area (TPSA) is 56.1 Å². The van der Waals surface area contributed by atoms with E-state index in [0.717, 1.165) is 0 Å². The maximum Gasteiger partial charge on any atom is 0.276 e. The first kappa shape index (κ1) is 17.5. The number of benzene rings is 3. The zero-order valence-electron chi connectivity index (χ0n) is 14.0. The lowest BCUT2D eigenvalue weighted by atomic mass is 10.2. The smallest absolute Gasteiger partial charge is 0.276 e. The highest BCUT2D eigenvalue weighted by Crippen LogP contribution is 2.32. The standard InChI is InChI=1S/C21H14ClNO3S/c22-19-17-13-7-8-14-18(17)23(15-9-3-1-4-10-15)21(24)20(19)27(25,26)16-11-5-2-6-12-16/h1-14H. The number of pyridine rings is 1. The van der Waals surface area contributed by atoms with Crippen LogP contribution in [-0.4, -0.2) is 13.0 Å². The van der Waals surface area contributed by atoms with Gasteiger partial charge >= 0.3 is 0 Å². The molecule has 0 atom stereocenters. The highest BCUT2D eigenvalue weighted by molar-refractivity contribution is 7.91. The molecule has 0 saturated heterocycles. The predicted molar refractivity (Wildman–Crippen MR) is 106 cm³/mol. The summed E-state index contributed by atoms with van der Waals surface area (Å²) < 4.78 is 27.8. The van der Waals surface area contributed by atoms with E-state index in [0.29, 0.717) is 16.6 Å². The first-order chi connectivity index (χ1) is 13.0. The fourth-order valence-corrected chi connectivity index (χ4v) is 5.03. The van der Waals surface area contributed by atoms with Crippen molar-refractivity contribution in [1.29, 1.82) is 0 Å². The molecule has 0 aliphatic heterocycles. The Morgan fingerprint density at radius 1 is 0.741 bits per heavy atom. The average Bonchev–Trinajstić information content (AvgIpc) is 2.69. The Morgan fingerprint density at radius 2 is 1.30 bits per heavy atom. The fraction of sp³-hybridized carbons (Fsp3) is 0. The van der Waals surface area contributed by atoms with Gasteiger partial charge in [0.2, 0.25) is 9.84 Å². The summed E-state index contributed by atoms with van der Waals surface area (Å²) in [5.74, 6) is 0. The first-order valence-corrected chi connectivity index (χ1v) is 10.1. The number of rotatable bonds is 3. The van der Waals surface area contributed by atoms with Gasteiger partial charge in [-0.1, -0.05) is 66.2 Å². The molecule has 4 rings (SSSR count). The summed E-state index contributed by atoms with van der Waals surface area (Å²) >= 11 is 6.45. The van der Waals surface area contributed by atoms with E-state index in [1.807, 2.05) is 6.07 Å². The summed E-state index contributed by atoms with van der Waals surface area (Å²) in [7, 11) is -4.09. The second-order valence-corrected chi connectivity index (χ2v) is 8.22. The van der Waals surface area contributed by atoms with Crippen molar-refractivity contribution < 1.29 is 8.42 Å². The van der Waals surface area contributed by atoms with Crippen LogP contribution in [0, 0.1) is 0 Å². The molecular formula is C21H14ClNO3S. The molecule has 0 radical (unpaired) electrons. The molecule has 6 heteroatoms. The Kier molecular flexibility index (Phi) is 4.34. The van der Waals surface area contributed by atoms with Crippen LogP contribution in [0.2, 0.25) is 5.02 Å². The molecule has 0 aliphatic carbocycles. The van der Waals surface area contributed by atoms with E-state index in [1.54, 1.807) is 66.7 Å². The molecule has 134 valence electrons. The van der Waals surface area contributed by atoms with Crippen LogP contribution >= 0.6 is 11.6 Å². The van der Waals surface area contributed by atoms with Crippen LogP contribution in [0.15, 0.2) is 99.5 Å². The van der Waals surface area contributed by atoms with Crippen molar-refractivity contribution in [2.75, 3.05) is 0 Å². The Labute approximate surface area is 161 Å². The van der Waals surface area contributed by atoms with Gasteiger partial charge < -0.3 is 0 Å². The van der Waals surface area contributed by atoms with E-state index in [9.17, 15) is 13.2 Å². The number of sulfone groups is 1. The number of halogens is 1. The van der Waals surface area contributed by atoms with Gasteiger partial charge in [0, 0.05) is 11.1 Å². The molecule has 1 heterocycles. The zero-order chi connectivity index (χ0) is 19.0. The zero-order valence-corrected chi connectivity index (χ0v) is 15.6. The van der Waals surface area contributed by atoms with Gasteiger partial charge in [0.05, 0.1) is 15.4 Å². The Morgan fingerprint density at radius 3 is 1.96 bits per heavy atom. The van der Waals surface area contributed by atoms with Gasteiger partial charge in [-0.25, -0.2) is 8.42 Å². The molecule has 0 spiro atoms. The van der Waals surface area contributed by atoms with Crippen LogP contribution in [0.5, 0.6) is 0 Å². The molecule has 0 unspecified atom stereocenters. The van der Waals surface area contributed by atoms with Gasteiger partial charge in [-0.15, -0.1) is 0 Å². The van der Waals surface area contributed by atoms with Gasteiger partial charge in [-0.3, -0.25) is 9.36 Å². The quantitative estimate of drug-likeness (QED) is 0.514. The molecule has 0 amide bonds. The largest absolute Gasteiger partial charge is 0.276 e. The minimum absolute atomic E-state index is 0.0268. The van der Waals surface area contributed by atoms with E-state index < -0.39 is 20.3 Å². The fourth-order valence-electron chi connectivity index (χ4n) is 3.07. The molecule has 4 aromatic rings. The van der Waals surface area contributed by atoms with Crippen molar-refractivity contribution >= 4 is 32.3 Å². The van der Waals surface area contributed by atoms with Crippen molar-refractivity contribution in [3.8, 4) is 5.69 Å². The van der Waals surface area contributed by atoms with Gasteiger partial charge in [0.25, 0.3) is 5.56 Å². The number of para-hydroxylation sites is 2. The van der Waals surface area contributed by atoms with Crippen LogP contribution in [0.25, 0.3) is 16.6 Å². The molecule has 0 aliphatic rings. The summed E-state index contributed by atoms with van der Waals surface area (Å²) in [5, 5.41) is 0.434. The third-order valence-corrected chi connectivity index (χ3v) is 6.63. The van der Waals surface area contributed by atoms with Crippen LogP contribution in [0.3, 0.4) is 0 Å². The second-order valence-electron chi connectivity index (χ2n) is 5.95. The maximum atomic E-state index is 13.3. The van der Waals surface area contributed by atoms with Crippen LogP contribution in [0.1, 0.15) is 0 Å². The van der Waals surface area contributed by atoms with Crippen molar-refractivity contribution in [2.24, 2.45) is 0 Å². The molecule has 3 aromatic carbocycles. The highest BCUT2D eigenvalue weighted by Gasteiger charge is 2.28. The lowest BCUT2D eigenvalue weighted by molar-refractivity contribution is 0.594. The Hall–Kier alpha value is -2.89. The molecule has 1 aromatic heterocycles. The monoisotopic (exact) mass is 395 g/mol. The van der Waals surface area contributed by atoms with Gasteiger partial charge in [-0.2, -0.15) is 0 Å². The number of nitrogens with zero attached hydrogens (tertiary/aromatic N) is 1. The average molecular weight is 396 g/mol. The minimum atomic E-state index is -4.09. The molecule has 0 N–H and O–H groups in total. The van der Waals surface area contributed by atoms with E-state index in [2.05, 4.69) is 0 Å². The second kappa shape index (κ2) is 6.68. The predicted octanol–water partition coefficient (Wildman–Crippen LogP) is 4.48. The van der Waals surface area contributed by atoms with Crippen molar-refractivity contribution in [3.63, 3.8) is 0 Å². The van der Waals surface area contributed by atoms with Gasteiger partial charge in [-0.05, 0) is 30.3 Å². The maximum absolute atomic E-state index is 13.3. The first-order valence-electron chi connectivity index (χ1n) is 8.20. The molecule has 4 nitrogen and oxygen atoms in total. The summed E-state index contributed by atoms with van der Waals surface area (Å²) in [6.07, 6.45) is 0. The van der Waals surface area contributed by atoms with Gasteiger partial charge in [0.15, 0.2) is 4.90 Å². The number of hydrogen-bond donors (Lipinski definition) is 0. The van der Waals surface area contributed by atoms with E-state index in [1.165, 1.54) is 16.7 Å². The summed E-state index contributed by atoms with van der Waals surface area (Å²) in [4.78, 5) is 12.9. The highest BCUT2D eigenvalue weighted by atomic mass is 35.5. The van der Waals surface area contributed by atoms with Crippen LogP contribution in [-0.2, 0) is 9.84 Å². The number of fused-ring (bicyclic) bond motifs is 1. The van der Waals surface area contributed by atoms with Crippen molar-refractivity contribution in [2.45, 2.75) is 9.79 Å². The molecular weight excluding hydrogens is 382 g/mol. The minimum Gasteiger partial charge on any atom is -0.276 e. The Bertz CT molecular complexity index is 1300. The van der Waals surface area contributed by atoms with Crippen LogP contribution < -0.4 is 5.56 Å². The van der Waals surface area contributed by atoms with Crippen molar-refractivity contribution in [3.05, 3.63) is 100 Å². The Balaban J connectivity index is 2.17. The summed E-state index contributed by atoms with van der Waals surface area (Å²) in [6.45, 7) is 0. The van der Waals surface area contributed by atoms with Crippen LogP contribution in [0.4, 0.5) is 0 Å². The summed E-state index contributed by atoms with van der Waals surface area (Å²) in [6, 6.07) is 23.7.